The van der Waals surface area contributed by atoms with Gasteiger partial charge in [0.05, 0.1) is 18.9 Å². The van der Waals surface area contributed by atoms with Crippen LogP contribution in [0.5, 0.6) is 0 Å². The number of amides is 1. The Labute approximate surface area is 128 Å². The van der Waals surface area contributed by atoms with E-state index in [1.807, 2.05) is 0 Å². The lowest BCUT2D eigenvalue weighted by atomic mass is 9.91. The molecule has 0 aromatic carbocycles. The minimum absolute atomic E-state index is 0.0891. The van der Waals surface area contributed by atoms with Crippen molar-refractivity contribution in [2.24, 2.45) is 5.92 Å². The van der Waals surface area contributed by atoms with E-state index in [0.717, 1.165) is 18.4 Å². The summed E-state index contributed by atoms with van der Waals surface area (Å²) in [4.78, 5) is 16.6. The molecule has 22 heavy (non-hydrogen) atoms. The lowest BCUT2D eigenvalue weighted by Gasteiger charge is -2.28. The van der Waals surface area contributed by atoms with E-state index in [-0.39, 0.29) is 24.3 Å². The minimum Gasteiger partial charge on any atom is -0.472 e. The highest BCUT2D eigenvalue weighted by atomic mass is 16.5. The first-order chi connectivity index (χ1) is 10.7. The molecule has 3 heterocycles. The van der Waals surface area contributed by atoms with Crippen LogP contribution >= 0.6 is 0 Å². The van der Waals surface area contributed by atoms with Gasteiger partial charge < -0.3 is 19.0 Å². The van der Waals surface area contributed by atoms with Crippen LogP contribution in [-0.2, 0) is 16.0 Å². The lowest BCUT2D eigenvalue weighted by Crippen LogP contribution is -2.37. The Hall–Kier alpha value is -2.15. The molecule has 1 atom stereocenters. The van der Waals surface area contributed by atoms with Gasteiger partial charge >= 0.3 is 0 Å². The maximum Gasteiger partial charge on any atom is 0.249 e. The molecule has 2 aromatic heterocycles. The fraction of sp³-hybridized carbons (Fsp3) is 0.533. The number of aryl methyl sites for hydroxylation is 1. The van der Waals surface area contributed by atoms with Crippen LogP contribution in [0.3, 0.4) is 0 Å². The highest BCUT2D eigenvalue weighted by Crippen LogP contribution is 2.29. The summed E-state index contributed by atoms with van der Waals surface area (Å²) in [5.41, 5.74) is 0.838. The summed E-state index contributed by atoms with van der Waals surface area (Å²) in [6.07, 6.45) is 5.11. The second-order valence-corrected chi connectivity index (χ2v) is 5.48. The first-order valence-corrected chi connectivity index (χ1v) is 7.41. The summed E-state index contributed by atoms with van der Waals surface area (Å²) in [5, 5.41) is 6.85. The first-order valence-electron chi connectivity index (χ1n) is 7.41. The van der Waals surface area contributed by atoms with Gasteiger partial charge in [-0.25, -0.2) is 0 Å². The lowest BCUT2D eigenvalue weighted by molar-refractivity contribution is -0.122. The number of rotatable bonds is 5. The second-order valence-electron chi connectivity index (χ2n) is 5.48. The van der Waals surface area contributed by atoms with E-state index in [0.29, 0.717) is 24.9 Å². The second kappa shape index (κ2) is 6.74. The Bertz CT molecular complexity index is 602. The van der Waals surface area contributed by atoms with Crippen molar-refractivity contribution >= 4 is 5.91 Å². The SMILES string of the molecule is Cc1noc([C@H](NC(=O)Cc2ccoc2)C2CCOCC2)n1. The summed E-state index contributed by atoms with van der Waals surface area (Å²) >= 11 is 0. The zero-order valence-corrected chi connectivity index (χ0v) is 12.4. The molecule has 0 unspecified atom stereocenters. The van der Waals surface area contributed by atoms with Gasteiger partial charge in [-0.1, -0.05) is 5.16 Å². The molecule has 7 nitrogen and oxygen atoms in total. The number of hydrogen-bond donors (Lipinski definition) is 1. The molecule has 0 aliphatic carbocycles. The number of carbonyl (C=O) groups is 1. The molecule has 118 valence electrons. The molecule has 1 aliphatic rings. The number of nitrogens with zero attached hydrogens (tertiary/aromatic N) is 2. The molecule has 0 radical (unpaired) electrons. The van der Waals surface area contributed by atoms with Crippen molar-refractivity contribution < 1.29 is 18.5 Å². The van der Waals surface area contributed by atoms with Gasteiger partial charge in [-0.3, -0.25) is 4.79 Å². The molecule has 1 saturated heterocycles. The van der Waals surface area contributed by atoms with E-state index in [9.17, 15) is 4.79 Å². The van der Waals surface area contributed by atoms with Gasteiger partial charge in [-0.2, -0.15) is 4.98 Å². The number of nitrogens with one attached hydrogen (secondary N) is 1. The van der Waals surface area contributed by atoms with Gasteiger partial charge in [-0.15, -0.1) is 0 Å². The van der Waals surface area contributed by atoms with E-state index >= 15 is 0 Å². The molecule has 0 saturated carbocycles. The van der Waals surface area contributed by atoms with Gasteiger partial charge in [0.2, 0.25) is 11.8 Å². The van der Waals surface area contributed by atoms with Gasteiger partial charge in [-0.05, 0) is 37.3 Å². The number of ether oxygens (including phenoxy) is 1. The fourth-order valence-electron chi connectivity index (χ4n) is 2.67. The van der Waals surface area contributed by atoms with Crippen molar-refractivity contribution in [3.8, 4) is 0 Å². The molecule has 7 heteroatoms. The average molecular weight is 305 g/mol. The van der Waals surface area contributed by atoms with Gasteiger partial charge in [0.15, 0.2) is 5.82 Å². The summed E-state index contributed by atoms with van der Waals surface area (Å²) in [6, 6.07) is 1.50. The standard InChI is InChI=1S/C15H19N3O4/c1-10-16-15(22-18-10)14(12-3-6-20-7-4-12)17-13(19)8-11-2-5-21-9-11/h2,5,9,12,14H,3-4,6-8H2,1H3,(H,17,19)/t14-/m1/s1. The number of furan rings is 1. The number of carbonyl (C=O) groups excluding carboxylic acids is 1. The van der Waals surface area contributed by atoms with Crippen molar-refractivity contribution in [3.63, 3.8) is 0 Å². The summed E-state index contributed by atoms with van der Waals surface area (Å²) in [5.74, 6) is 1.18. The summed E-state index contributed by atoms with van der Waals surface area (Å²) in [7, 11) is 0. The third kappa shape index (κ3) is 3.54. The van der Waals surface area contributed by atoms with Gasteiger partial charge in [0.25, 0.3) is 0 Å². The van der Waals surface area contributed by atoms with Crippen molar-refractivity contribution in [2.75, 3.05) is 13.2 Å². The van der Waals surface area contributed by atoms with Crippen molar-refractivity contribution in [3.05, 3.63) is 35.9 Å². The van der Waals surface area contributed by atoms with Crippen LogP contribution in [0.1, 0.15) is 36.2 Å². The van der Waals surface area contributed by atoms with Crippen LogP contribution < -0.4 is 5.32 Å². The van der Waals surface area contributed by atoms with Crippen LogP contribution in [0, 0.1) is 12.8 Å². The van der Waals surface area contributed by atoms with E-state index in [1.54, 1.807) is 25.5 Å². The number of aromatic nitrogens is 2. The van der Waals surface area contributed by atoms with Crippen molar-refractivity contribution in [1.82, 2.24) is 15.5 Å². The smallest absolute Gasteiger partial charge is 0.249 e. The predicted molar refractivity (Wildman–Crippen MR) is 75.9 cm³/mol. The normalized spacial score (nSPS) is 17.3. The molecule has 1 amide bonds. The fourth-order valence-corrected chi connectivity index (χ4v) is 2.67. The molecular weight excluding hydrogens is 286 g/mol. The van der Waals surface area contributed by atoms with Crippen molar-refractivity contribution in [1.29, 1.82) is 0 Å². The Balaban J connectivity index is 1.71. The van der Waals surface area contributed by atoms with Crippen molar-refractivity contribution in [2.45, 2.75) is 32.2 Å². The molecule has 3 rings (SSSR count). The zero-order chi connectivity index (χ0) is 15.4. The van der Waals surface area contributed by atoms with E-state index in [4.69, 9.17) is 13.7 Å². The topological polar surface area (TPSA) is 90.4 Å². The quantitative estimate of drug-likeness (QED) is 0.905. The third-order valence-corrected chi connectivity index (χ3v) is 3.81. The largest absolute Gasteiger partial charge is 0.472 e. The third-order valence-electron chi connectivity index (χ3n) is 3.81. The molecular formula is C15H19N3O4. The minimum atomic E-state index is -0.274. The molecule has 1 N–H and O–H groups in total. The molecule has 2 aromatic rings. The first kappa shape index (κ1) is 14.8. The highest BCUT2D eigenvalue weighted by molar-refractivity contribution is 5.78. The van der Waals surface area contributed by atoms with Crippen LogP contribution in [0.25, 0.3) is 0 Å². The Morgan fingerprint density at radius 3 is 2.91 bits per heavy atom. The van der Waals surface area contributed by atoms with E-state index in [1.165, 1.54) is 0 Å². The predicted octanol–water partition coefficient (Wildman–Crippen LogP) is 1.80. The van der Waals surface area contributed by atoms with Crippen LogP contribution in [0.15, 0.2) is 27.5 Å². The molecule has 1 fully saturated rings. The molecule has 0 bridgehead atoms. The Morgan fingerprint density at radius 1 is 1.45 bits per heavy atom. The van der Waals surface area contributed by atoms with Crippen LogP contribution in [0.4, 0.5) is 0 Å². The summed E-state index contributed by atoms with van der Waals surface area (Å²) < 4.78 is 15.7. The van der Waals surface area contributed by atoms with E-state index < -0.39 is 0 Å². The van der Waals surface area contributed by atoms with Gasteiger partial charge in [0.1, 0.15) is 6.04 Å². The number of hydrogen-bond acceptors (Lipinski definition) is 6. The maximum absolute atomic E-state index is 12.3. The molecule has 1 aliphatic heterocycles. The van der Waals surface area contributed by atoms with Crippen LogP contribution in [0.2, 0.25) is 0 Å². The van der Waals surface area contributed by atoms with Crippen LogP contribution in [-0.4, -0.2) is 29.3 Å². The summed E-state index contributed by atoms with van der Waals surface area (Å²) in [6.45, 7) is 3.14. The zero-order valence-electron chi connectivity index (χ0n) is 12.4. The molecule has 0 spiro atoms. The van der Waals surface area contributed by atoms with Gasteiger partial charge in [0, 0.05) is 13.2 Å². The average Bonchev–Trinajstić information content (AvgIpc) is 3.17. The Kier molecular flexibility index (Phi) is 4.53. The highest BCUT2D eigenvalue weighted by Gasteiger charge is 2.31. The maximum atomic E-state index is 12.3. The monoisotopic (exact) mass is 305 g/mol. The van der Waals surface area contributed by atoms with E-state index in [2.05, 4.69) is 15.5 Å². The Morgan fingerprint density at radius 2 is 2.27 bits per heavy atom.